The molecule has 0 spiro atoms. The molecule has 0 fully saturated rings. The minimum Gasteiger partial charge on any atom is -0.497 e. The van der Waals surface area contributed by atoms with E-state index < -0.39 is 0 Å². The molecule has 17 heavy (non-hydrogen) atoms. The summed E-state index contributed by atoms with van der Waals surface area (Å²) in [4.78, 5) is 5.86. The summed E-state index contributed by atoms with van der Waals surface area (Å²) in [5.41, 5.74) is 10.3. The SMILES string of the molecule is COc1ccc2[nH]cc(C=CCN=[N+]=[N-])c2c1. The number of benzene rings is 1. The van der Waals surface area contributed by atoms with E-state index in [1.807, 2.05) is 36.5 Å². The zero-order valence-electron chi connectivity index (χ0n) is 9.42. The first-order valence-electron chi connectivity index (χ1n) is 5.17. The lowest BCUT2D eigenvalue weighted by Gasteiger charge is -1.99. The van der Waals surface area contributed by atoms with Gasteiger partial charge in [-0.25, -0.2) is 0 Å². The minimum absolute atomic E-state index is 0.354. The van der Waals surface area contributed by atoms with Gasteiger partial charge in [0.2, 0.25) is 0 Å². The van der Waals surface area contributed by atoms with Gasteiger partial charge < -0.3 is 9.72 Å². The van der Waals surface area contributed by atoms with Crippen LogP contribution in [0.5, 0.6) is 5.75 Å². The van der Waals surface area contributed by atoms with Gasteiger partial charge in [0, 0.05) is 28.6 Å². The highest BCUT2D eigenvalue weighted by Crippen LogP contribution is 2.24. The van der Waals surface area contributed by atoms with Crippen LogP contribution in [0.1, 0.15) is 5.56 Å². The number of hydrogen-bond donors (Lipinski definition) is 1. The topological polar surface area (TPSA) is 73.8 Å². The number of fused-ring (bicyclic) bond motifs is 1. The molecule has 0 amide bonds. The molecule has 0 aliphatic rings. The van der Waals surface area contributed by atoms with Crippen molar-refractivity contribution in [2.75, 3.05) is 13.7 Å². The van der Waals surface area contributed by atoms with E-state index in [-0.39, 0.29) is 0 Å². The lowest BCUT2D eigenvalue weighted by Crippen LogP contribution is -1.81. The highest BCUT2D eigenvalue weighted by Gasteiger charge is 2.01. The quantitative estimate of drug-likeness (QED) is 0.485. The Balaban J connectivity index is 2.33. The molecule has 1 aromatic heterocycles. The van der Waals surface area contributed by atoms with Crippen molar-refractivity contribution in [1.82, 2.24) is 4.98 Å². The van der Waals surface area contributed by atoms with Gasteiger partial charge in [-0.1, -0.05) is 17.3 Å². The largest absolute Gasteiger partial charge is 0.497 e. The van der Waals surface area contributed by atoms with Crippen molar-refractivity contribution in [3.63, 3.8) is 0 Å². The van der Waals surface area contributed by atoms with Crippen LogP contribution in [0.15, 0.2) is 35.6 Å². The summed E-state index contributed by atoms with van der Waals surface area (Å²) in [5.74, 6) is 0.821. The lowest BCUT2D eigenvalue weighted by atomic mass is 10.1. The van der Waals surface area contributed by atoms with Crippen LogP contribution in [0.25, 0.3) is 27.4 Å². The van der Waals surface area contributed by atoms with Gasteiger partial charge in [0.25, 0.3) is 0 Å². The van der Waals surface area contributed by atoms with Crippen LogP contribution >= 0.6 is 0 Å². The molecule has 1 heterocycles. The molecule has 0 saturated heterocycles. The number of methoxy groups -OCH3 is 1. The summed E-state index contributed by atoms with van der Waals surface area (Å²) >= 11 is 0. The minimum atomic E-state index is 0.354. The first kappa shape index (κ1) is 11.1. The first-order chi connectivity index (χ1) is 8.35. The van der Waals surface area contributed by atoms with Gasteiger partial charge in [0.05, 0.1) is 7.11 Å². The third-order valence-corrected chi connectivity index (χ3v) is 2.47. The zero-order valence-corrected chi connectivity index (χ0v) is 9.42. The fourth-order valence-corrected chi connectivity index (χ4v) is 1.65. The molecule has 1 aromatic carbocycles. The van der Waals surface area contributed by atoms with E-state index in [2.05, 4.69) is 15.0 Å². The van der Waals surface area contributed by atoms with E-state index in [1.54, 1.807) is 7.11 Å². The molecule has 0 aliphatic heterocycles. The van der Waals surface area contributed by atoms with Crippen molar-refractivity contribution in [2.45, 2.75) is 0 Å². The summed E-state index contributed by atoms with van der Waals surface area (Å²) in [5, 5.41) is 4.53. The predicted octanol–water partition coefficient (Wildman–Crippen LogP) is 3.50. The Hall–Kier alpha value is -2.39. The molecule has 5 nitrogen and oxygen atoms in total. The summed E-state index contributed by atoms with van der Waals surface area (Å²) in [6, 6.07) is 5.85. The molecule has 0 radical (unpaired) electrons. The summed E-state index contributed by atoms with van der Waals surface area (Å²) in [6.45, 7) is 0.354. The maximum Gasteiger partial charge on any atom is 0.119 e. The average molecular weight is 228 g/mol. The van der Waals surface area contributed by atoms with Crippen LogP contribution in [0.3, 0.4) is 0 Å². The number of rotatable bonds is 4. The summed E-state index contributed by atoms with van der Waals surface area (Å²) in [6.07, 6.45) is 5.66. The van der Waals surface area contributed by atoms with Crippen molar-refractivity contribution in [2.24, 2.45) is 5.11 Å². The molecule has 2 aromatic rings. The van der Waals surface area contributed by atoms with E-state index >= 15 is 0 Å². The maximum atomic E-state index is 8.17. The third kappa shape index (κ3) is 2.41. The second-order valence-corrected chi connectivity index (χ2v) is 3.47. The molecular weight excluding hydrogens is 216 g/mol. The number of nitrogens with zero attached hydrogens (tertiary/aromatic N) is 3. The van der Waals surface area contributed by atoms with Crippen molar-refractivity contribution in [3.8, 4) is 5.75 Å². The van der Waals surface area contributed by atoms with Crippen LogP contribution in [0.2, 0.25) is 0 Å². The van der Waals surface area contributed by atoms with Gasteiger partial charge in [-0.2, -0.15) is 0 Å². The number of ether oxygens (including phenoxy) is 1. The van der Waals surface area contributed by atoms with Crippen LogP contribution in [0, 0.1) is 0 Å². The van der Waals surface area contributed by atoms with E-state index in [0.29, 0.717) is 6.54 Å². The Bertz CT molecular complexity index is 594. The Kier molecular flexibility index (Phi) is 3.33. The highest BCUT2D eigenvalue weighted by molar-refractivity contribution is 5.89. The molecular formula is C12H12N4O. The Morgan fingerprint density at radius 2 is 2.41 bits per heavy atom. The molecule has 1 N–H and O–H groups in total. The zero-order chi connectivity index (χ0) is 12.1. The van der Waals surface area contributed by atoms with Crippen molar-refractivity contribution in [1.29, 1.82) is 0 Å². The molecule has 0 aliphatic carbocycles. The van der Waals surface area contributed by atoms with Crippen molar-refractivity contribution < 1.29 is 4.74 Å². The van der Waals surface area contributed by atoms with Crippen LogP contribution in [-0.2, 0) is 0 Å². The Morgan fingerprint density at radius 1 is 1.53 bits per heavy atom. The molecule has 2 rings (SSSR count). The molecule has 86 valence electrons. The monoisotopic (exact) mass is 228 g/mol. The van der Waals surface area contributed by atoms with Gasteiger partial charge in [0.15, 0.2) is 0 Å². The fourth-order valence-electron chi connectivity index (χ4n) is 1.65. The maximum absolute atomic E-state index is 8.17. The standard InChI is InChI=1S/C12H12N4O/c1-17-10-4-5-12-11(7-10)9(8-14-12)3-2-6-15-16-13/h2-5,7-8,14H,6H2,1H3. The highest BCUT2D eigenvalue weighted by atomic mass is 16.5. The second-order valence-electron chi connectivity index (χ2n) is 3.47. The Labute approximate surface area is 98.3 Å². The van der Waals surface area contributed by atoms with Gasteiger partial charge >= 0.3 is 0 Å². The first-order valence-corrected chi connectivity index (χ1v) is 5.17. The third-order valence-electron chi connectivity index (χ3n) is 2.47. The van der Waals surface area contributed by atoms with Crippen molar-refractivity contribution in [3.05, 3.63) is 46.5 Å². The van der Waals surface area contributed by atoms with Gasteiger partial charge in [-0.3, -0.25) is 0 Å². The van der Waals surface area contributed by atoms with Crippen LogP contribution in [-0.4, -0.2) is 18.6 Å². The lowest BCUT2D eigenvalue weighted by molar-refractivity contribution is 0.415. The summed E-state index contributed by atoms with van der Waals surface area (Å²) < 4.78 is 5.19. The van der Waals surface area contributed by atoms with E-state index in [0.717, 1.165) is 22.2 Å². The number of azide groups is 1. The molecule has 0 atom stereocenters. The molecule has 0 bridgehead atoms. The average Bonchev–Trinajstić information content (AvgIpc) is 2.77. The Morgan fingerprint density at radius 3 is 3.18 bits per heavy atom. The number of aromatic amines is 1. The number of nitrogens with one attached hydrogen (secondary N) is 1. The van der Waals surface area contributed by atoms with Crippen LogP contribution < -0.4 is 4.74 Å². The van der Waals surface area contributed by atoms with E-state index in [1.165, 1.54) is 0 Å². The summed E-state index contributed by atoms with van der Waals surface area (Å²) in [7, 11) is 1.64. The number of hydrogen-bond acceptors (Lipinski definition) is 2. The number of H-pyrrole nitrogens is 1. The molecule has 0 unspecified atom stereocenters. The predicted molar refractivity (Wildman–Crippen MR) is 67.9 cm³/mol. The van der Waals surface area contributed by atoms with Crippen LogP contribution in [0.4, 0.5) is 0 Å². The molecule has 0 saturated carbocycles. The van der Waals surface area contributed by atoms with Gasteiger partial charge in [0.1, 0.15) is 5.75 Å². The second kappa shape index (κ2) is 5.09. The van der Waals surface area contributed by atoms with E-state index in [4.69, 9.17) is 10.3 Å². The fraction of sp³-hybridized carbons (Fsp3) is 0.167. The smallest absolute Gasteiger partial charge is 0.119 e. The molecule has 5 heteroatoms. The number of aromatic nitrogens is 1. The normalized spacial score (nSPS) is 10.6. The van der Waals surface area contributed by atoms with Crippen molar-refractivity contribution >= 4 is 17.0 Å². The van der Waals surface area contributed by atoms with E-state index in [9.17, 15) is 0 Å². The van der Waals surface area contributed by atoms with Gasteiger partial charge in [-0.05, 0) is 29.3 Å². The van der Waals surface area contributed by atoms with Gasteiger partial charge in [-0.15, -0.1) is 0 Å².